The van der Waals surface area contributed by atoms with E-state index in [9.17, 15) is 4.79 Å². The molecule has 0 amide bonds. The number of ether oxygens (including phenoxy) is 1. The summed E-state index contributed by atoms with van der Waals surface area (Å²) < 4.78 is 6.24. The minimum absolute atomic E-state index is 0.195. The molecule has 2 aliphatic rings. The Morgan fingerprint density at radius 1 is 1.16 bits per heavy atom. The number of Topliss-reactive ketones (excluding diaryl/α,β-unsaturated/α-hetero) is 1. The molecule has 19 heavy (non-hydrogen) atoms. The van der Waals surface area contributed by atoms with E-state index >= 15 is 0 Å². The van der Waals surface area contributed by atoms with Gasteiger partial charge in [0.15, 0.2) is 5.78 Å². The summed E-state index contributed by atoms with van der Waals surface area (Å²) in [5.74, 6) is 0.247. The predicted molar refractivity (Wildman–Crippen MR) is 75.3 cm³/mol. The molecule has 2 nitrogen and oxygen atoms in total. The van der Waals surface area contributed by atoms with Crippen molar-refractivity contribution in [3.8, 4) is 0 Å². The Morgan fingerprint density at radius 2 is 1.89 bits per heavy atom. The standard InChI is InChI=1S/C17H22O2/c18-16(14-6-2-1-3-7-14)9-8-15-10-13-17(19-15)11-4-5-12-17/h1-3,6-7,15H,4-5,8-13H2. The molecule has 1 saturated heterocycles. The normalized spacial score (nSPS) is 24.9. The van der Waals surface area contributed by atoms with Crippen molar-refractivity contribution >= 4 is 5.78 Å². The van der Waals surface area contributed by atoms with E-state index in [0.717, 1.165) is 18.4 Å². The highest BCUT2D eigenvalue weighted by atomic mass is 16.5. The molecule has 1 spiro atoms. The van der Waals surface area contributed by atoms with Gasteiger partial charge < -0.3 is 4.74 Å². The summed E-state index contributed by atoms with van der Waals surface area (Å²) in [5, 5.41) is 0. The second-order valence-corrected chi connectivity index (χ2v) is 6.00. The highest BCUT2D eigenvalue weighted by Crippen LogP contribution is 2.44. The van der Waals surface area contributed by atoms with Gasteiger partial charge in [-0.05, 0) is 32.1 Å². The Balaban J connectivity index is 1.50. The molecule has 102 valence electrons. The van der Waals surface area contributed by atoms with Crippen molar-refractivity contribution in [2.75, 3.05) is 0 Å². The van der Waals surface area contributed by atoms with Crippen LogP contribution in [0.3, 0.4) is 0 Å². The second kappa shape index (κ2) is 5.46. The van der Waals surface area contributed by atoms with Crippen LogP contribution in [-0.4, -0.2) is 17.5 Å². The Labute approximate surface area is 115 Å². The summed E-state index contributed by atoms with van der Waals surface area (Å²) in [6.45, 7) is 0. The van der Waals surface area contributed by atoms with Gasteiger partial charge in [0.25, 0.3) is 0 Å². The fourth-order valence-electron chi connectivity index (χ4n) is 3.55. The number of ketones is 1. The van der Waals surface area contributed by atoms with Gasteiger partial charge in [-0.3, -0.25) is 4.79 Å². The lowest BCUT2D eigenvalue weighted by atomic mass is 9.97. The van der Waals surface area contributed by atoms with Crippen LogP contribution in [0.25, 0.3) is 0 Å². The first-order valence-corrected chi connectivity index (χ1v) is 7.54. The van der Waals surface area contributed by atoms with Crippen molar-refractivity contribution in [1.29, 1.82) is 0 Å². The summed E-state index contributed by atoms with van der Waals surface area (Å²) >= 11 is 0. The fraction of sp³-hybridized carbons (Fsp3) is 0.588. The van der Waals surface area contributed by atoms with Gasteiger partial charge in [0.05, 0.1) is 11.7 Å². The van der Waals surface area contributed by atoms with Crippen molar-refractivity contribution in [1.82, 2.24) is 0 Å². The highest BCUT2D eigenvalue weighted by Gasteiger charge is 2.41. The molecule has 0 aromatic heterocycles. The van der Waals surface area contributed by atoms with E-state index in [2.05, 4.69) is 0 Å². The topological polar surface area (TPSA) is 26.3 Å². The van der Waals surface area contributed by atoms with Crippen LogP contribution in [0, 0.1) is 0 Å². The Kier molecular flexibility index (Phi) is 3.69. The second-order valence-electron chi connectivity index (χ2n) is 6.00. The number of hydrogen-bond acceptors (Lipinski definition) is 2. The molecule has 0 bridgehead atoms. The molecule has 1 unspecified atom stereocenters. The Morgan fingerprint density at radius 3 is 2.63 bits per heavy atom. The molecule has 1 aliphatic carbocycles. The van der Waals surface area contributed by atoms with E-state index in [1.54, 1.807) is 0 Å². The van der Waals surface area contributed by atoms with E-state index in [-0.39, 0.29) is 11.4 Å². The summed E-state index contributed by atoms with van der Waals surface area (Å²) in [5.41, 5.74) is 1.02. The molecule has 1 heterocycles. The lowest BCUT2D eigenvalue weighted by molar-refractivity contribution is -0.0388. The lowest BCUT2D eigenvalue weighted by Crippen LogP contribution is -2.25. The predicted octanol–water partition coefficient (Wildman–Crippen LogP) is 4.14. The molecule has 1 aliphatic heterocycles. The van der Waals surface area contributed by atoms with Gasteiger partial charge in [-0.1, -0.05) is 43.2 Å². The van der Waals surface area contributed by atoms with E-state index in [4.69, 9.17) is 4.74 Å². The van der Waals surface area contributed by atoms with Crippen LogP contribution in [0.1, 0.15) is 61.7 Å². The molecule has 0 radical (unpaired) electrons. The quantitative estimate of drug-likeness (QED) is 0.759. The summed E-state index contributed by atoms with van der Waals surface area (Å²) in [4.78, 5) is 12.1. The number of hydrogen-bond donors (Lipinski definition) is 0. The first-order valence-electron chi connectivity index (χ1n) is 7.54. The van der Waals surface area contributed by atoms with E-state index in [1.165, 1.54) is 32.1 Å². The highest BCUT2D eigenvalue weighted by molar-refractivity contribution is 5.95. The van der Waals surface area contributed by atoms with Crippen molar-refractivity contribution in [2.45, 2.75) is 63.1 Å². The number of carbonyl (C=O) groups is 1. The maximum atomic E-state index is 12.1. The van der Waals surface area contributed by atoms with Crippen LogP contribution in [-0.2, 0) is 4.74 Å². The van der Waals surface area contributed by atoms with Crippen LogP contribution >= 0.6 is 0 Å². The van der Waals surface area contributed by atoms with E-state index < -0.39 is 0 Å². The van der Waals surface area contributed by atoms with E-state index in [0.29, 0.717) is 12.5 Å². The van der Waals surface area contributed by atoms with Gasteiger partial charge in [-0.15, -0.1) is 0 Å². The largest absolute Gasteiger partial charge is 0.372 e. The number of carbonyl (C=O) groups excluding carboxylic acids is 1. The molecular formula is C17H22O2. The van der Waals surface area contributed by atoms with Gasteiger partial charge in [-0.25, -0.2) is 0 Å². The number of rotatable bonds is 4. The zero-order chi connectivity index (χ0) is 13.1. The average molecular weight is 258 g/mol. The van der Waals surface area contributed by atoms with Gasteiger partial charge >= 0.3 is 0 Å². The van der Waals surface area contributed by atoms with Gasteiger partial charge in [0, 0.05) is 12.0 Å². The minimum atomic E-state index is 0.195. The average Bonchev–Trinajstić information content (AvgIpc) is 3.08. The molecule has 0 N–H and O–H groups in total. The third kappa shape index (κ3) is 2.89. The molecule has 3 rings (SSSR count). The number of benzene rings is 1. The van der Waals surface area contributed by atoms with Crippen LogP contribution in [0.15, 0.2) is 30.3 Å². The van der Waals surface area contributed by atoms with Crippen molar-refractivity contribution in [3.05, 3.63) is 35.9 Å². The minimum Gasteiger partial charge on any atom is -0.372 e. The van der Waals surface area contributed by atoms with Gasteiger partial charge in [-0.2, -0.15) is 0 Å². The summed E-state index contributed by atoms with van der Waals surface area (Å²) in [6, 6.07) is 9.59. The molecular weight excluding hydrogens is 236 g/mol. The Bertz CT molecular complexity index is 432. The maximum Gasteiger partial charge on any atom is 0.162 e. The molecule has 1 aromatic carbocycles. The SMILES string of the molecule is O=C(CCC1CCC2(CCCC2)O1)c1ccccc1. The lowest BCUT2D eigenvalue weighted by Gasteiger charge is -2.23. The maximum absolute atomic E-state index is 12.1. The fourth-order valence-corrected chi connectivity index (χ4v) is 3.55. The van der Waals surface area contributed by atoms with Gasteiger partial charge in [0.2, 0.25) is 0 Å². The third-order valence-electron chi connectivity index (χ3n) is 4.64. The molecule has 2 fully saturated rings. The molecule has 2 heteroatoms. The van der Waals surface area contributed by atoms with E-state index in [1.807, 2.05) is 30.3 Å². The van der Waals surface area contributed by atoms with Crippen molar-refractivity contribution in [2.24, 2.45) is 0 Å². The third-order valence-corrected chi connectivity index (χ3v) is 4.64. The van der Waals surface area contributed by atoms with Crippen LogP contribution in [0.4, 0.5) is 0 Å². The van der Waals surface area contributed by atoms with Crippen molar-refractivity contribution in [3.63, 3.8) is 0 Å². The van der Waals surface area contributed by atoms with Crippen LogP contribution in [0.5, 0.6) is 0 Å². The monoisotopic (exact) mass is 258 g/mol. The van der Waals surface area contributed by atoms with Crippen LogP contribution < -0.4 is 0 Å². The Hall–Kier alpha value is -1.15. The first-order chi connectivity index (χ1) is 9.27. The molecule has 1 aromatic rings. The first kappa shape index (κ1) is 12.9. The zero-order valence-electron chi connectivity index (χ0n) is 11.4. The molecule has 1 atom stereocenters. The summed E-state index contributed by atoms with van der Waals surface area (Å²) in [7, 11) is 0. The molecule has 1 saturated carbocycles. The van der Waals surface area contributed by atoms with Gasteiger partial charge in [0.1, 0.15) is 0 Å². The zero-order valence-corrected chi connectivity index (χ0v) is 11.4. The van der Waals surface area contributed by atoms with Crippen molar-refractivity contribution < 1.29 is 9.53 Å². The van der Waals surface area contributed by atoms with Crippen LogP contribution in [0.2, 0.25) is 0 Å². The smallest absolute Gasteiger partial charge is 0.162 e. The summed E-state index contributed by atoms with van der Waals surface area (Å²) in [6.07, 6.45) is 9.25.